The van der Waals surface area contributed by atoms with Gasteiger partial charge in [-0.15, -0.1) is 0 Å². The van der Waals surface area contributed by atoms with Crippen molar-refractivity contribution in [3.63, 3.8) is 0 Å². The van der Waals surface area contributed by atoms with Crippen LogP contribution in [0.5, 0.6) is 0 Å². The standard InChI is InChI=1S/C23H20ClFN4O3/c1-14-12-15-4-2-3-5-20(15)29(14)23(32)19-8-9-22(31)28(27-19)11-10-21(30)26-16-6-7-18(25)17(24)13-16/h2-9,13-14H,10-12H2,1H3,(H,26,30)/t14-/m1/s1. The van der Waals surface area contributed by atoms with Crippen molar-refractivity contribution in [3.05, 3.63) is 87.0 Å². The van der Waals surface area contributed by atoms with E-state index in [1.165, 1.54) is 24.3 Å². The van der Waals surface area contributed by atoms with Crippen molar-refractivity contribution in [2.24, 2.45) is 0 Å². The summed E-state index contributed by atoms with van der Waals surface area (Å²) in [4.78, 5) is 39.3. The van der Waals surface area contributed by atoms with Crippen molar-refractivity contribution in [2.45, 2.75) is 32.4 Å². The van der Waals surface area contributed by atoms with E-state index in [4.69, 9.17) is 11.6 Å². The second-order valence-corrected chi connectivity index (χ2v) is 7.97. The molecule has 2 heterocycles. The van der Waals surface area contributed by atoms with Crippen molar-refractivity contribution < 1.29 is 14.0 Å². The van der Waals surface area contributed by atoms with Crippen LogP contribution in [0.1, 0.15) is 29.4 Å². The number of rotatable bonds is 5. The second kappa shape index (κ2) is 8.92. The van der Waals surface area contributed by atoms with Crippen LogP contribution in [-0.2, 0) is 17.8 Å². The number of anilines is 2. The van der Waals surface area contributed by atoms with E-state index in [9.17, 15) is 18.8 Å². The SMILES string of the molecule is C[C@@H]1Cc2ccccc2N1C(=O)c1ccc(=O)n(CCC(=O)Nc2ccc(F)c(Cl)c2)n1. The van der Waals surface area contributed by atoms with Gasteiger partial charge in [0, 0.05) is 29.9 Å². The predicted octanol–water partition coefficient (Wildman–Crippen LogP) is 3.66. The fourth-order valence-corrected chi connectivity index (χ4v) is 3.91. The molecule has 1 aliphatic rings. The zero-order valence-electron chi connectivity index (χ0n) is 17.2. The van der Waals surface area contributed by atoms with E-state index in [1.54, 1.807) is 4.90 Å². The molecular formula is C23H20ClFN4O3. The molecule has 1 aliphatic heterocycles. The Morgan fingerprint density at radius 1 is 1.19 bits per heavy atom. The normalized spacial score (nSPS) is 14.8. The molecule has 0 saturated carbocycles. The first kappa shape index (κ1) is 21.7. The largest absolute Gasteiger partial charge is 0.326 e. The molecule has 0 bridgehead atoms. The Labute approximate surface area is 188 Å². The van der Waals surface area contributed by atoms with Crippen LogP contribution in [0.15, 0.2) is 59.4 Å². The number of hydrogen-bond donors (Lipinski definition) is 1. The van der Waals surface area contributed by atoms with Gasteiger partial charge >= 0.3 is 0 Å². The zero-order valence-corrected chi connectivity index (χ0v) is 18.0. The second-order valence-electron chi connectivity index (χ2n) is 7.56. The highest BCUT2D eigenvalue weighted by Gasteiger charge is 2.32. The third-order valence-electron chi connectivity index (χ3n) is 5.27. The Kier molecular flexibility index (Phi) is 6.05. The Morgan fingerprint density at radius 2 is 1.97 bits per heavy atom. The van der Waals surface area contributed by atoms with E-state index in [-0.39, 0.29) is 35.6 Å². The molecule has 9 heteroatoms. The van der Waals surface area contributed by atoms with Gasteiger partial charge in [-0.25, -0.2) is 9.07 Å². The topological polar surface area (TPSA) is 84.3 Å². The number of carbonyl (C=O) groups excluding carboxylic acids is 2. The molecule has 1 atom stereocenters. The van der Waals surface area contributed by atoms with Gasteiger partial charge in [0.25, 0.3) is 11.5 Å². The van der Waals surface area contributed by atoms with Crippen LogP contribution in [0.4, 0.5) is 15.8 Å². The van der Waals surface area contributed by atoms with Crippen LogP contribution in [0.3, 0.4) is 0 Å². The summed E-state index contributed by atoms with van der Waals surface area (Å²) in [5.74, 6) is -1.29. The van der Waals surface area contributed by atoms with Gasteiger partial charge in [-0.2, -0.15) is 5.10 Å². The zero-order chi connectivity index (χ0) is 22.8. The van der Waals surface area contributed by atoms with E-state index in [2.05, 4.69) is 10.4 Å². The first-order valence-electron chi connectivity index (χ1n) is 10.1. The molecule has 1 N–H and O–H groups in total. The fourth-order valence-electron chi connectivity index (χ4n) is 3.73. The molecule has 4 rings (SSSR count). The monoisotopic (exact) mass is 454 g/mol. The van der Waals surface area contributed by atoms with Crippen molar-refractivity contribution >= 4 is 34.8 Å². The Morgan fingerprint density at radius 3 is 2.75 bits per heavy atom. The van der Waals surface area contributed by atoms with Crippen LogP contribution in [0.25, 0.3) is 0 Å². The van der Waals surface area contributed by atoms with Gasteiger partial charge in [-0.05, 0) is 49.2 Å². The average Bonchev–Trinajstić information content (AvgIpc) is 3.11. The molecule has 0 saturated heterocycles. The number of para-hydroxylation sites is 1. The van der Waals surface area contributed by atoms with Gasteiger partial charge in [0.15, 0.2) is 0 Å². The summed E-state index contributed by atoms with van der Waals surface area (Å²) < 4.78 is 14.3. The molecule has 0 unspecified atom stereocenters. The predicted molar refractivity (Wildman–Crippen MR) is 120 cm³/mol. The maximum Gasteiger partial charge on any atom is 0.278 e. The number of aromatic nitrogens is 2. The number of nitrogens with zero attached hydrogens (tertiary/aromatic N) is 3. The minimum Gasteiger partial charge on any atom is -0.326 e. The molecule has 0 aliphatic carbocycles. The summed E-state index contributed by atoms with van der Waals surface area (Å²) in [5, 5.41) is 6.67. The number of halogens is 2. The minimum absolute atomic E-state index is 0.0210. The van der Waals surface area contributed by atoms with Gasteiger partial charge in [0.05, 0.1) is 11.6 Å². The average molecular weight is 455 g/mol. The quantitative estimate of drug-likeness (QED) is 0.637. The van der Waals surface area contributed by atoms with E-state index < -0.39 is 17.3 Å². The number of fused-ring (bicyclic) bond motifs is 1. The molecule has 0 radical (unpaired) electrons. The number of amides is 2. The van der Waals surface area contributed by atoms with Crippen LogP contribution in [0, 0.1) is 5.82 Å². The Hall–Kier alpha value is -3.52. The molecule has 32 heavy (non-hydrogen) atoms. The van der Waals surface area contributed by atoms with Gasteiger partial charge < -0.3 is 10.2 Å². The van der Waals surface area contributed by atoms with Gasteiger partial charge in [0.1, 0.15) is 11.5 Å². The molecule has 0 fully saturated rings. The van der Waals surface area contributed by atoms with E-state index in [0.717, 1.165) is 28.4 Å². The maximum atomic E-state index is 13.2. The fraction of sp³-hybridized carbons (Fsp3) is 0.217. The minimum atomic E-state index is -0.586. The number of nitrogens with one attached hydrogen (secondary N) is 1. The van der Waals surface area contributed by atoms with E-state index >= 15 is 0 Å². The first-order chi connectivity index (χ1) is 15.3. The van der Waals surface area contributed by atoms with E-state index in [0.29, 0.717) is 5.69 Å². The molecule has 2 aromatic carbocycles. The van der Waals surface area contributed by atoms with Crippen molar-refractivity contribution in [3.8, 4) is 0 Å². The van der Waals surface area contributed by atoms with Gasteiger partial charge in [-0.3, -0.25) is 14.4 Å². The van der Waals surface area contributed by atoms with Crippen LogP contribution in [-0.4, -0.2) is 27.6 Å². The molecule has 7 nitrogen and oxygen atoms in total. The van der Waals surface area contributed by atoms with Gasteiger partial charge in [-0.1, -0.05) is 29.8 Å². The highest BCUT2D eigenvalue weighted by atomic mass is 35.5. The lowest BCUT2D eigenvalue weighted by atomic mass is 10.1. The molecule has 0 spiro atoms. The third-order valence-corrected chi connectivity index (χ3v) is 5.56. The highest BCUT2D eigenvalue weighted by Crippen LogP contribution is 2.32. The molecule has 1 aromatic heterocycles. The summed E-state index contributed by atoms with van der Waals surface area (Å²) in [7, 11) is 0. The smallest absolute Gasteiger partial charge is 0.278 e. The Balaban J connectivity index is 1.47. The molecule has 3 aromatic rings. The van der Waals surface area contributed by atoms with Crippen molar-refractivity contribution in [1.82, 2.24) is 9.78 Å². The molecule has 164 valence electrons. The third kappa shape index (κ3) is 4.40. The maximum absolute atomic E-state index is 13.2. The first-order valence-corrected chi connectivity index (χ1v) is 10.5. The lowest BCUT2D eigenvalue weighted by molar-refractivity contribution is -0.116. The number of benzene rings is 2. The number of aryl methyl sites for hydroxylation is 1. The lowest BCUT2D eigenvalue weighted by Crippen LogP contribution is -2.37. The van der Waals surface area contributed by atoms with Crippen LogP contribution >= 0.6 is 11.6 Å². The lowest BCUT2D eigenvalue weighted by Gasteiger charge is -2.22. The summed E-state index contributed by atoms with van der Waals surface area (Å²) in [6, 6.07) is 14.2. The van der Waals surface area contributed by atoms with Crippen LogP contribution in [0.2, 0.25) is 5.02 Å². The summed E-state index contributed by atoms with van der Waals surface area (Å²) in [5.41, 5.74) is 1.96. The summed E-state index contributed by atoms with van der Waals surface area (Å²) in [6.07, 6.45) is 0.678. The number of hydrogen-bond acceptors (Lipinski definition) is 4. The van der Waals surface area contributed by atoms with Crippen molar-refractivity contribution in [2.75, 3.05) is 10.2 Å². The van der Waals surface area contributed by atoms with E-state index in [1.807, 2.05) is 31.2 Å². The summed E-state index contributed by atoms with van der Waals surface area (Å²) in [6.45, 7) is 1.94. The van der Waals surface area contributed by atoms with Gasteiger partial charge in [0.2, 0.25) is 5.91 Å². The van der Waals surface area contributed by atoms with Crippen LogP contribution < -0.4 is 15.8 Å². The summed E-state index contributed by atoms with van der Waals surface area (Å²) >= 11 is 5.72. The molecular weight excluding hydrogens is 435 g/mol. The van der Waals surface area contributed by atoms with Crippen molar-refractivity contribution in [1.29, 1.82) is 0 Å². The molecule has 2 amide bonds. The highest BCUT2D eigenvalue weighted by molar-refractivity contribution is 6.31. The Bertz CT molecular complexity index is 1260. The number of carbonyl (C=O) groups is 2.